The summed E-state index contributed by atoms with van der Waals surface area (Å²) in [5, 5.41) is 4.87. The molecule has 0 bridgehead atoms. The Morgan fingerprint density at radius 1 is 1.35 bits per heavy atom. The molecule has 0 atom stereocenters. The second kappa shape index (κ2) is 7.97. The lowest BCUT2D eigenvalue weighted by Crippen LogP contribution is -2.24. The molecule has 0 aliphatic carbocycles. The third kappa shape index (κ3) is 3.83. The van der Waals surface area contributed by atoms with E-state index in [1.165, 1.54) is 0 Å². The summed E-state index contributed by atoms with van der Waals surface area (Å²) in [5.41, 5.74) is 6.59. The standard InChI is InChI=1S/C19H23N5O2/c1-13-11-15(14(2)21-13)12-20-23-19-22-17-8-5-4-7-16(17)18(25)24(19)9-6-10-26-3/h4-5,7-8,11-12,21H,6,9-10H2,1-3H3,(H,22,23)/b20-12+. The fourth-order valence-corrected chi connectivity index (χ4v) is 2.87. The normalized spacial score (nSPS) is 11.5. The van der Waals surface area contributed by atoms with Crippen LogP contribution in [0, 0.1) is 13.8 Å². The molecule has 136 valence electrons. The van der Waals surface area contributed by atoms with Gasteiger partial charge < -0.3 is 9.72 Å². The van der Waals surface area contributed by atoms with Gasteiger partial charge in [-0.15, -0.1) is 0 Å². The number of methoxy groups -OCH3 is 1. The monoisotopic (exact) mass is 353 g/mol. The zero-order chi connectivity index (χ0) is 18.5. The minimum atomic E-state index is -0.0851. The highest BCUT2D eigenvalue weighted by molar-refractivity contribution is 5.82. The lowest BCUT2D eigenvalue weighted by Gasteiger charge is -2.12. The number of hydrazone groups is 1. The number of aromatic amines is 1. The van der Waals surface area contributed by atoms with Crippen LogP contribution in [0.25, 0.3) is 10.9 Å². The molecule has 3 rings (SSSR count). The van der Waals surface area contributed by atoms with Crippen molar-refractivity contribution < 1.29 is 4.74 Å². The van der Waals surface area contributed by atoms with Gasteiger partial charge in [-0.05, 0) is 38.5 Å². The molecule has 0 spiro atoms. The van der Waals surface area contributed by atoms with Crippen LogP contribution in [0.1, 0.15) is 23.4 Å². The Morgan fingerprint density at radius 3 is 2.88 bits per heavy atom. The number of aromatic nitrogens is 3. The maximum atomic E-state index is 12.8. The highest BCUT2D eigenvalue weighted by atomic mass is 16.5. The smallest absolute Gasteiger partial charge is 0.262 e. The summed E-state index contributed by atoms with van der Waals surface area (Å²) in [6, 6.07) is 9.33. The Morgan fingerprint density at radius 2 is 2.15 bits per heavy atom. The van der Waals surface area contributed by atoms with E-state index in [4.69, 9.17) is 4.74 Å². The first-order valence-electron chi connectivity index (χ1n) is 8.54. The van der Waals surface area contributed by atoms with Crippen LogP contribution in [-0.2, 0) is 11.3 Å². The van der Waals surface area contributed by atoms with Crippen molar-refractivity contribution >= 4 is 23.1 Å². The van der Waals surface area contributed by atoms with Gasteiger partial charge in [-0.2, -0.15) is 5.10 Å². The Balaban J connectivity index is 1.93. The van der Waals surface area contributed by atoms with Crippen molar-refractivity contribution in [3.63, 3.8) is 0 Å². The summed E-state index contributed by atoms with van der Waals surface area (Å²) in [5.74, 6) is 0.422. The molecule has 0 radical (unpaired) electrons. The van der Waals surface area contributed by atoms with Gasteiger partial charge in [-0.25, -0.2) is 10.4 Å². The summed E-state index contributed by atoms with van der Waals surface area (Å²) in [7, 11) is 1.64. The maximum Gasteiger partial charge on any atom is 0.262 e. The van der Waals surface area contributed by atoms with Gasteiger partial charge in [0.15, 0.2) is 0 Å². The molecule has 0 saturated heterocycles. The van der Waals surface area contributed by atoms with Gasteiger partial charge >= 0.3 is 0 Å². The van der Waals surface area contributed by atoms with Crippen molar-refractivity contribution in [2.75, 3.05) is 19.1 Å². The quantitative estimate of drug-likeness (QED) is 0.389. The minimum Gasteiger partial charge on any atom is -0.385 e. The van der Waals surface area contributed by atoms with Gasteiger partial charge in [-0.3, -0.25) is 9.36 Å². The van der Waals surface area contributed by atoms with Crippen molar-refractivity contribution in [1.82, 2.24) is 14.5 Å². The molecule has 0 aliphatic heterocycles. The predicted octanol–water partition coefficient (Wildman–Crippen LogP) is 2.82. The van der Waals surface area contributed by atoms with E-state index in [2.05, 4.69) is 20.5 Å². The molecule has 1 aromatic carbocycles. The van der Waals surface area contributed by atoms with Crippen LogP contribution in [0.2, 0.25) is 0 Å². The fourth-order valence-electron chi connectivity index (χ4n) is 2.87. The average molecular weight is 353 g/mol. The Hall–Kier alpha value is -2.93. The van der Waals surface area contributed by atoms with Gasteiger partial charge in [0.05, 0.1) is 17.1 Å². The summed E-state index contributed by atoms with van der Waals surface area (Å²) in [6.07, 6.45) is 2.44. The first-order chi connectivity index (χ1) is 12.6. The number of nitrogens with one attached hydrogen (secondary N) is 2. The lowest BCUT2D eigenvalue weighted by molar-refractivity contribution is 0.190. The molecule has 7 nitrogen and oxygen atoms in total. The van der Waals surface area contributed by atoms with E-state index in [0.29, 0.717) is 36.4 Å². The van der Waals surface area contributed by atoms with Crippen LogP contribution in [-0.4, -0.2) is 34.5 Å². The number of anilines is 1. The second-order valence-corrected chi connectivity index (χ2v) is 6.16. The third-order valence-corrected chi connectivity index (χ3v) is 4.15. The molecule has 26 heavy (non-hydrogen) atoms. The van der Waals surface area contributed by atoms with Crippen molar-refractivity contribution in [3.05, 3.63) is 57.6 Å². The number of para-hydroxylation sites is 1. The molecule has 2 aromatic heterocycles. The number of H-pyrrole nitrogens is 1. The van der Waals surface area contributed by atoms with Crippen LogP contribution < -0.4 is 11.0 Å². The number of hydrogen-bond donors (Lipinski definition) is 2. The van der Waals surface area contributed by atoms with Gasteiger partial charge in [0.2, 0.25) is 5.95 Å². The third-order valence-electron chi connectivity index (χ3n) is 4.15. The van der Waals surface area contributed by atoms with Crippen molar-refractivity contribution in [1.29, 1.82) is 0 Å². The Kier molecular flexibility index (Phi) is 5.48. The van der Waals surface area contributed by atoms with Crippen molar-refractivity contribution in [3.8, 4) is 0 Å². The SMILES string of the molecule is COCCCn1c(N/N=C/c2cc(C)[nH]c2C)nc2ccccc2c1=O. The van der Waals surface area contributed by atoms with Gasteiger partial charge in [0.1, 0.15) is 0 Å². The van der Waals surface area contributed by atoms with Crippen LogP contribution in [0.15, 0.2) is 40.2 Å². The van der Waals surface area contributed by atoms with Gasteiger partial charge in [0, 0.05) is 37.2 Å². The molecule has 0 aliphatic rings. The number of nitrogens with zero attached hydrogens (tertiary/aromatic N) is 3. The number of benzene rings is 1. The van der Waals surface area contributed by atoms with E-state index in [1.807, 2.05) is 38.1 Å². The van der Waals surface area contributed by atoms with E-state index < -0.39 is 0 Å². The summed E-state index contributed by atoms with van der Waals surface area (Å²) < 4.78 is 6.70. The molecule has 3 aromatic rings. The predicted molar refractivity (Wildman–Crippen MR) is 104 cm³/mol. The number of ether oxygens (including phenoxy) is 1. The Labute approximate surface area is 151 Å². The van der Waals surface area contributed by atoms with E-state index in [1.54, 1.807) is 24.0 Å². The first-order valence-corrected chi connectivity index (χ1v) is 8.54. The van der Waals surface area contributed by atoms with Gasteiger partial charge in [0.25, 0.3) is 5.56 Å². The van der Waals surface area contributed by atoms with E-state index in [0.717, 1.165) is 17.0 Å². The largest absolute Gasteiger partial charge is 0.385 e. The topological polar surface area (TPSA) is 84.3 Å². The van der Waals surface area contributed by atoms with E-state index >= 15 is 0 Å². The molecule has 0 unspecified atom stereocenters. The summed E-state index contributed by atoms with van der Waals surface area (Å²) >= 11 is 0. The molecule has 2 N–H and O–H groups in total. The van der Waals surface area contributed by atoms with E-state index in [9.17, 15) is 4.79 Å². The first kappa shape index (κ1) is 17.9. The van der Waals surface area contributed by atoms with E-state index in [-0.39, 0.29) is 5.56 Å². The van der Waals surface area contributed by atoms with Crippen molar-refractivity contribution in [2.24, 2.45) is 5.10 Å². The zero-order valence-electron chi connectivity index (χ0n) is 15.2. The molecule has 0 saturated carbocycles. The molecular weight excluding hydrogens is 330 g/mol. The zero-order valence-corrected chi connectivity index (χ0v) is 15.2. The number of rotatable bonds is 7. The maximum absolute atomic E-state index is 12.8. The molecule has 2 heterocycles. The van der Waals surface area contributed by atoms with Gasteiger partial charge in [-0.1, -0.05) is 12.1 Å². The summed E-state index contributed by atoms with van der Waals surface area (Å²) in [6.45, 7) is 5.06. The van der Waals surface area contributed by atoms with Crippen LogP contribution in [0.5, 0.6) is 0 Å². The summed E-state index contributed by atoms with van der Waals surface area (Å²) in [4.78, 5) is 20.6. The number of fused-ring (bicyclic) bond motifs is 1. The molecule has 0 amide bonds. The second-order valence-electron chi connectivity index (χ2n) is 6.16. The number of hydrogen-bond acceptors (Lipinski definition) is 5. The average Bonchev–Trinajstić information content (AvgIpc) is 2.95. The van der Waals surface area contributed by atoms with Crippen LogP contribution in [0.4, 0.5) is 5.95 Å². The molecule has 0 fully saturated rings. The highest BCUT2D eigenvalue weighted by Gasteiger charge is 2.10. The molecule has 7 heteroatoms. The highest BCUT2D eigenvalue weighted by Crippen LogP contribution is 2.12. The lowest BCUT2D eigenvalue weighted by atomic mass is 10.2. The Bertz CT molecular complexity index is 987. The molecular formula is C19H23N5O2. The fraction of sp³-hybridized carbons (Fsp3) is 0.316. The number of aryl methyl sites for hydroxylation is 2. The van der Waals surface area contributed by atoms with Crippen LogP contribution >= 0.6 is 0 Å². The van der Waals surface area contributed by atoms with Crippen LogP contribution in [0.3, 0.4) is 0 Å². The van der Waals surface area contributed by atoms with Crippen molar-refractivity contribution in [2.45, 2.75) is 26.8 Å². The minimum absolute atomic E-state index is 0.0851.